The highest BCUT2D eigenvalue weighted by molar-refractivity contribution is 6.23. The van der Waals surface area contributed by atoms with Crippen LogP contribution in [-0.2, 0) is 16.0 Å². The lowest BCUT2D eigenvalue weighted by Gasteiger charge is -2.25. The first-order valence-electron chi connectivity index (χ1n) is 8.13. The Labute approximate surface area is 149 Å². The Balaban J connectivity index is 1.63. The second-order valence-corrected chi connectivity index (χ2v) is 6.26. The number of para-hydroxylation sites is 1. The number of rotatable bonds is 3. The zero-order valence-electron chi connectivity index (χ0n) is 13.7. The van der Waals surface area contributed by atoms with Gasteiger partial charge < -0.3 is 5.73 Å². The number of anilines is 1. The molecule has 7 heteroatoms. The summed E-state index contributed by atoms with van der Waals surface area (Å²) in [5.41, 5.74) is 7.42. The number of fused-ring (bicyclic) bond motifs is 2. The molecule has 26 heavy (non-hydrogen) atoms. The molecule has 2 aromatic rings. The first-order chi connectivity index (χ1) is 12.5. The van der Waals surface area contributed by atoms with Gasteiger partial charge in [0.1, 0.15) is 12.6 Å². The van der Waals surface area contributed by atoms with E-state index in [0.29, 0.717) is 12.1 Å². The van der Waals surface area contributed by atoms with Crippen LogP contribution in [-0.4, -0.2) is 41.1 Å². The van der Waals surface area contributed by atoms with Crippen molar-refractivity contribution in [1.82, 2.24) is 4.90 Å². The summed E-state index contributed by atoms with van der Waals surface area (Å²) in [6.07, 6.45) is 0.319. The molecule has 0 radical (unpaired) electrons. The van der Waals surface area contributed by atoms with Crippen molar-refractivity contribution in [2.75, 3.05) is 11.4 Å². The Kier molecular flexibility index (Phi) is 3.57. The monoisotopic (exact) mass is 349 g/mol. The lowest BCUT2D eigenvalue weighted by atomic mass is 10.1. The molecule has 130 valence electrons. The van der Waals surface area contributed by atoms with E-state index in [1.165, 1.54) is 4.90 Å². The molecule has 0 spiro atoms. The fourth-order valence-corrected chi connectivity index (χ4v) is 3.52. The number of hydrogen-bond donors (Lipinski definition) is 1. The molecule has 4 amide bonds. The summed E-state index contributed by atoms with van der Waals surface area (Å²) >= 11 is 0. The second kappa shape index (κ2) is 5.80. The van der Waals surface area contributed by atoms with Gasteiger partial charge in [0.15, 0.2) is 0 Å². The van der Waals surface area contributed by atoms with Gasteiger partial charge in [-0.15, -0.1) is 0 Å². The third-order valence-corrected chi connectivity index (χ3v) is 4.74. The fraction of sp³-hybridized carbons (Fsp3) is 0.158. The van der Waals surface area contributed by atoms with Crippen LogP contribution >= 0.6 is 0 Å². The Morgan fingerprint density at radius 3 is 2.15 bits per heavy atom. The van der Waals surface area contributed by atoms with Crippen LogP contribution in [0.4, 0.5) is 5.69 Å². The number of hydrogen-bond acceptors (Lipinski definition) is 4. The van der Waals surface area contributed by atoms with E-state index in [1.54, 1.807) is 36.4 Å². The summed E-state index contributed by atoms with van der Waals surface area (Å²) in [6.45, 7) is -0.440. The third-order valence-electron chi connectivity index (χ3n) is 4.74. The van der Waals surface area contributed by atoms with Crippen LogP contribution in [0, 0.1) is 0 Å². The molecular weight excluding hydrogens is 334 g/mol. The zero-order valence-corrected chi connectivity index (χ0v) is 13.7. The quantitative estimate of drug-likeness (QED) is 0.825. The van der Waals surface area contributed by atoms with Gasteiger partial charge in [-0.3, -0.25) is 29.0 Å². The maximum absolute atomic E-state index is 12.9. The number of carbonyl (C=O) groups is 4. The van der Waals surface area contributed by atoms with Gasteiger partial charge in [0.25, 0.3) is 11.8 Å². The summed E-state index contributed by atoms with van der Waals surface area (Å²) < 4.78 is 0. The predicted molar refractivity (Wildman–Crippen MR) is 92.4 cm³/mol. The Morgan fingerprint density at radius 1 is 0.962 bits per heavy atom. The Hall–Kier alpha value is -3.48. The molecule has 7 nitrogen and oxygen atoms in total. The number of nitrogens with zero attached hydrogens (tertiary/aromatic N) is 2. The summed E-state index contributed by atoms with van der Waals surface area (Å²) in [4.78, 5) is 51.8. The molecule has 1 atom stereocenters. The van der Waals surface area contributed by atoms with Gasteiger partial charge in [0.05, 0.1) is 11.1 Å². The zero-order chi connectivity index (χ0) is 18.4. The second-order valence-electron chi connectivity index (χ2n) is 6.26. The van der Waals surface area contributed by atoms with Gasteiger partial charge in [-0.05, 0) is 23.8 Å². The van der Waals surface area contributed by atoms with Crippen molar-refractivity contribution in [3.05, 3.63) is 65.2 Å². The highest BCUT2D eigenvalue weighted by Crippen LogP contribution is 2.32. The van der Waals surface area contributed by atoms with Crippen LogP contribution in [0.2, 0.25) is 0 Å². The number of amides is 4. The van der Waals surface area contributed by atoms with Gasteiger partial charge in [0, 0.05) is 12.1 Å². The molecule has 2 aromatic carbocycles. The highest BCUT2D eigenvalue weighted by Gasteiger charge is 2.41. The maximum atomic E-state index is 12.9. The lowest BCUT2D eigenvalue weighted by Crippen LogP contribution is -2.50. The van der Waals surface area contributed by atoms with Crippen LogP contribution in [0.25, 0.3) is 0 Å². The van der Waals surface area contributed by atoms with Crippen molar-refractivity contribution < 1.29 is 19.2 Å². The molecule has 0 bridgehead atoms. The minimum Gasteiger partial charge on any atom is -0.368 e. The van der Waals surface area contributed by atoms with Crippen LogP contribution in [0.5, 0.6) is 0 Å². The van der Waals surface area contributed by atoms with E-state index >= 15 is 0 Å². The normalized spacial score (nSPS) is 18.1. The Morgan fingerprint density at radius 2 is 1.54 bits per heavy atom. The van der Waals surface area contributed by atoms with Gasteiger partial charge in [0.2, 0.25) is 11.8 Å². The average Bonchev–Trinajstić information content (AvgIpc) is 3.14. The van der Waals surface area contributed by atoms with Gasteiger partial charge >= 0.3 is 0 Å². The van der Waals surface area contributed by atoms with Crippen LogP contribution < -0.4 is 10.6 Å². The molecule has 4 rings (SSSR count). The molecule has 0 fully saturated rings. The van der Waals surface area contributed by atoms with E-state index in [1.807, 2.05) is 12.1 Å². The number of carbonyl (C=O) groups excluding carboxylic acids is 4. The first kappa shape index (κ1) is 16.0. The summed E-state index contributed by atoms with van der Waals surface area (Å²) in [5.74, 6) is -2.17. The minimum absolute atomic E-state index is 0.276. The van der Waals surface area contributed by atoms with E-state index in [9.17, 15) is 19.2 Å². The van der Waals surface area contributed by atoms with Crippen molar-refractivity contribution in [2.45, 2.75) is 12.5 Å². The van der Waals surface area contributed by atoms with E-state index in [-0.39, 0.29) is 11.1 Å². The van der Waals surface area contributed by atoms with Crippen LogP contribution in [0.3, 0.4) is 0 Å². The number of primary amides is 1. The summed E-state index contributed by atoms with van der Waals surface area (Å²) in [7, 11) is 0. The summed E-state index contributed by atoms with van der Waals surface area (Å²) in [6, 6.07) is 12.7. The molecule has 0 saturated heterocycles. The molecule has 0 aromatic heterocycles. The minimum atomic E-state index is -0.824. The van der Waals surface area contributed by atoms with Crippen LogP contribution in [0.15, 0.2) is 48.5 Å². The fourth-order valence-electron chi connectivity index (χ4n) is 3.52. The summed E-state index contributed by atoms with van der Waals surface area (Å²) in [5, 5.41) is 0. The molecular formula is C19H15N3O4. The molecule has 2 aliphatic heterocycles. The maximum Gasteiger partial charge on any atom is 0.262 e. The lowest BCUT2D eigenvalue weighted by molar-refractivity contribution is -0.124. The van der Waals surface area contributed by atoms with E-state index in [4.69, 9.17) is 5.73 Å². The van der Waals surface area contributed by atoms with Crippen molar-refractivity contribution in [3.63, 3.8) is 0 Å². The van der Waals surface area contributed by atoms with Crippen molar-refractivity contribution in [1.29, 1.82) is 0 Å². The SMILES string of the molecule is NC(=O)C1Cc2ccccc2N1C(=O)CN1C(=O)c2ccccc2C1=O. The van der Waals surface area contributed by atoms with Gasteiger partial charge in [-0.2, -0.15) is 0 Å². The average molecular weight is 349 g/mol. The predicted octanol–water partition coefficient (Wildman–Crippen LogP) is 0.726. The molecule has 1 unspecified atom stereocenters. The standard InChI is InChI=1S/C19H15N3O4/c20-17(24)15-9-11-5-1-4-8-14(11)22(15)16(23)10-21-18(25)12-6-2-3-7-13(12)19(21)26/h1-8,15H,9-10H2,(H2,20,24). The molecule has 0 aliphatic carbocycles. The number of imide groups is 1. The Bertz CT molecular complexity index is 934. The molecule has 0 saturated carbocycles. The van der Waals surface area contributed by atoms with Gasteiger partial charge in [-0.1, -0.05) is 30.3 Å². The highest BCUT2D eigenvalue weighted by atomic mass is 16.2. The topological polar surface area (TPSA) is 101 Å². The van der Waals surface area contributed by atoms with E-state index < -0.39 is 36.2 Å². The molecule has 2 N–H and O–H groups in total. The third kappa shape index (κ3) is 2.28. The largest absolute Gasteiger partial charge is 0.368 e. The van der Waals surface area contributed by atoms with Crippen molar-refractivity contribution in [2.24, 2.45) is 5.73 Å². The van der Waals surface area contributed by atoms with Crippen LogP contribution in [0.1, 0.15) is 26.3 Å². The van der Waals surface area contributed by atoms with Crippen molar-refractivity contribution in [3.8, 4) is 0 Å². The smallest absolute Gasteiger partial charge is 0.262 e. The molecule has 2 heterocycles. The number of nitrogens with two attached hydrogens (primary N) is 1. The first-order valence-corrected chi connectivity index (χ1v) is 8.13. The van der Waals surface area contributed by atoms with Gasteiger partial charge in [-0.25, -0.2) is 0 Å². The van der Waals surface area contributed by atoms with E-state index in [2.05, 4.69) is 0 Å². The molecule has 2 aliphatic rings. The van der Waals surface area contributed by atoms with E-state index in [0.717, 1.165) is 10.5 Å². The van der Waals surface area contributed by atoms with Crippen molar-refractivity contribution >= 4 is 29.3 Å². The number of benzene rings is 2.